The Morgan fingerprint density at radius 3 is 2.74 bits per heavy atom. The van der Waals surface area contributed by atoms with E-state index in [-0.39, 0.29) is 19.0 Å². The molecule has 106 valence electrons. The van der Waals surface area contributed by atoms with Gasteiger partial charge in [0.1, 0.15) is 0 Å². The van der Waals surface area contributed by atoms with E-state index in [1.54, 1.807) is 0 Å². The highest BCUT2D eigenvalue weighted by atomic mass is 35.5. The van der Waals surface area contributed by atoms with Crippen LogP contribution in [0.15, 0.2) is 30.3 Å². The number of halogens is 1. The van der Waals surface area contributed by atoms with Gasteiger partial charge in [-0.3, -0.25) is 9.69 Å². The first kappa shape index (κ1) is 16.0. The van der Waals surface area contributed by atoms with E-state index in [2.05, 4.69) is 29.2 Å². The Balaban J connectivity index is 0.00000180. The molecule has 1 atom stereocenters. The van der Waals surface area contributed by atoms with Gasteiger partial charge in [-0.1, -0.05) is 30.3 Å². The molecule has 1 saturated heterocycles. The summed E-state index contributed by atoms with van der Waals surface area (Å²) in [7, 11) is 0. The largest absolute Gasteiger partial charge is 0.480 e. The summed E-state index contributed by atoms with van der Waals surface area (Å²) >= 11 is 0. The van der Waals surface area contributed by atoms with E-state index >= 15 is 0 Å². The Hall–Kier alpha value is -1.06. The number of rotatable bonds is 6. The smallest absolute Gasteiger partial charge is 0.317 e. The summed E-state index contributed by atoms with van der Waals surface area (Å²) < 4.78 is 0. The molecule has 19 heavy (non-hydrogen) atoms. The molecule has 0 bridgehead atoms. The van der Waals surface area contributed by atoms with Crippen LogP contribution in [0.3, 0.4) is 0 Å². The van der Waals surface area contributed by atoms with Gasteiger partial charge in [-0.15, -0.1) is 12.4 Å². The molecule has 1 heterocycles. The SMILES string of the molecule is Cl.O=C(O)CN1CCCC1CCCc1ccccc1. The molecule has 2 rings (SSSR count). The van der Waals surface area contributed by atoms with Crippen LogP contribution in [0.25, 0.3) is 0 Å². The molecule has 0 amide bonds. The minimum absolute atomic E-state index is 0. The molecule has 1 fully saturated rings. The molecule has 1 aliphatic heterocycles. The van der Waals surface area contributed by atoms with E-state index in [1.165, 1.54) is 5.56 Å². The molecule has 3 nitrogen and oxygen atoms in total. The van der Waals surface area contributed by atoms with Crippen molar-refractivity contribution >= 4 is 18.4 Å². The highest BCUT2D eigenvalue weighted by Crippen LogP contribution is 2.21. The first-order valence-corrected chi connectivity index (χ1v) is 6.75. The fourth-order valence-corrected chi connectivity index (χ4v) is 2.79. The van der Waals surface area contributed by atoms with E-state index in [0.29, 0.717) is 6.04 Å². The number of hydrogen-bond acceptors (Lipinski definition) is 2. The molecule has 1 aromatic carbocycles. The maximum absolute atomic E-state index is 10.8. The van der Waals surface area contributed by atoms with Crippen LogP contribution in [-0.2, 0) is 11.2 Å². The highest BCUT2D eigenvalue weighted by molar-refractivity contribution is 5.85. The summed E-state index contributed by atoms with van der Waals surface area (Å²) in [5, 5.41) is 8.85. The van der Waals surface area contributed by atoms with Gasteiger partial charge in [0.15, 0.2) is 0 Å². The summed E-state index contributed by atoms with van der Waals surface area (Å²) in [5.74, 6) is -0.704. The monoisotopic (exact) mass is 283 g/mol. The van der Waals surface area contributed by atoms with Crippen molar-refractivity contribution in [1.29, 1.82) is 0 Å². The molecule has 1 aliphatic rings. The average molecular weight is 284 g/mol. The molecule has 0 radical (unpaired) electrons. The zero-order valence-electron chi connectivity index (χ0n) is 11.1. The summed E-state index contributed by atoms with van der Waals surface area (Å²) in [4.78, 5) is 12.9. The van der Waals surface area contributed by atoms with Crippen molar-refractivity contribution < 1.29 is 9.90 Å². The third kappa shape index (κ3) is 5.21. The van der Waals surface area contributed by atoms with Crippen molar-refractivity contribution in [2.24, 2.45) is 0 Å². The van der Waals surface area contributed by atoms with Crippen LogP contribution in [0, 0.1) is 0 Å². The van der Waals surface area contributed by atoms with Gasteiger partial charge < -0.3 is 5.11 Å². The first-order valence-electron chi connectivity index (χ1n) is 6.75. The Labute approximate surface area is 121 Å². The van der Waals surface area contributed by atoms with Crippen LogP contribution < -0.4 is 0 Å². The van der Waals surface area contributed by atoms with Crippen LogP contribution >= 0.6 is 12.4 Å². The van der Waals surface area contributed by atoms with E-state index < -0.39 is 5.97 Å². The lowest BCUT2D eigenvalue weighted by Crippen LogP contribution is -2.34. The molecule has 0 saturated carbocycles. The topological polar surface area (TPSA) is 40.5 Å². The van der Waals surface area contributed by atoms with Gasteiger partial charge in [0.2, 0.25) is 0 Å². The fraction of sp³-hybridized carbons (Fsp3) is 0.533. The van der Waals surface area contributed by atoms with Crippen molar-refractivity contribution in [3.05, 3.63) is 35.9 Å². The number of benzene rings is 1. The van der Waals surface area contributed by atoms with E-state index in [4.69, 9.17) is 5.11 Å². The van der Waals surface area contributed by atoms with Crippen LogP contribution in [0.5, 0.6) is 0 Å². The first-order chi connectivity index (χ1) is 8.75. The number of carbonyl (C=O) groups is 1. The van der Waals surface area contributed by atoms with Gasteiger partial charge in [-0.05, 0) is 44.2 Å². The van der Waals surface area contributed by atoms with Crippen molar-refractivity contribution in [3.63, 3.8) is 0 Å². The van der Waals surface area contributed by atoms with Crippen LogP contribution in [0.1, 0.15) is 31.2 Å². The lowest BCUT2D eigenvalue weighted by molar-refractivity contribution is -0.138. The Bertz CT molecular complexity index is 383. The summed E-state index contributed by atoms with van der Waals surface area (Å²) in [6.45, 7) is 1.15. The van der Waals surface area contributed by atoms with Gasteiger partial charge in [-0.25, -0.2) is 0 Å². The zero-order valence-corrected chi connectivity index (χ0v) is 11.9. The normalized spacial score (nSPS) is 19.1. The number of nitrogens with zero attached hydrogens (tertiary/aromatic N) is 1. The van der Waals surface area contributed by atoms with Crippen molar-refractivity contribution in [1.82, 2.24) is 4.90 Å². The lowest BCUT2D eigenvalue weighted by Gasteiger charge is -2.22. The minimum atomic E-state index is -0.704. The molecule has 1 N–H and O–H groups in total. The zero-order chi connectivity index (χ0) is 12.8. The van der Waals surface area contributed by atoms with Crippen molar-refractivity contribution in [2.75, 3.05) is 13.1 Å². The maximum atomic E-state index is 10.8. The molecule has 4 heteroatoms. The lowest BCUT2D eigenvalue weighted by atomic mass is 10.0. The van der Waals surface area contributed by atoms with Crippen LogP contribution in [-0.4, -0.2) is 35.1 Å². The molecular formula is C15H22ClNO2. The quantitative estimate of drug-likeness (QED) is 0.872. The number of aryl methyl sites for hydroxylation is 1. The predicted octanol–water partition coefficient (Wildman–Crippen LogP) is 2.98. The summed E-state index contributed by atoms with van der Waals surface area (Å²) in [5.41, 5.74) is 1.38. The molecule has 0 spiro atoms. The maximum Gasteiger partial charge on any atom is 0.317 e. The van der Waals surface area contributed by atoms with Crippen LogP contribution in [0.4, 0.5) is 0 Å². The second-order valence-electron chi connectivity index (χ2n) is 5.04. The molecule has 1 unspecified atom stereocenters. The highest BCUT2D eigenvalue weighted by Gasteiger charge is 2.25. The Morgan fingerprint density at radius 2 is 2.05 bits per heavy atom. The summed E-state index contributed by atoms with van der Waals surface area (Å²) in [6, 6.07) is 11.0. The van der Waals surface area contributed by atoms with Gasteiger partial charge in [0.25, 0.3) is 0 Å². The third-order valence-corrected chi connectivity index (χ3v) is 3.68. The molecule has 1 aromatic rings. The molecule has 0 aromatic heterocycles. The van der Waals surface area contributed by atoms with Crippen LogP contribution in [0.2, 0.25) is 0 Å². The second-order valence-corrected chi connectivity index (χ2v) is 5.04. The van der Waals surface area contributed by atoms with E-state index in [9.17, 15) is 4.79 Å². The minimum Gasteiger partial charge on any atom is -0.480 e. The van der Waals surface area contributed by atoms with E-state index in [0.717, 1.165) is 38.6 Å². The number of aliphatic carboxylic acids is 1. The molecular weight excluding hydrogens is 262 g/mol. The Morgan fingerprint density at radius 1 is 1.32 bits per heavy atom. The second kappa shape index (κ2) is 8.18. The predicted molar refractivity (Wildman–Crippen MR) is 78.9 cm³/mol. The van der Waals surface area contributed by atoms with Crippen molar-refractivity contribution in [2.45, 2.75) is 38.1 Å². The van der Waals surface area contributed by atoms with Gasteiger partial charge in [0.05, 0.1) is 6.54 Å². The number of hydrogen-bond donors (Lipinski definition) is 1. The third-order valence-electron chi connectivity index (χ3n) is 3.68. The van der Waals surface area contributed by atoms with Crippen molar-refractivity contribution in [3.8, 4) is 0 Å². The van der Waals surface area contributed by atoms with Gasteiger partial charge >= 0.3 is 5.97 Å². The summed E-state index contributed by atoms with van der Waals surface area (Å²) in [6.07, 6.45) is 5.65. The van der Waals surface area contributed by atoms with E-state index in [1.807, 2.05) is 6.07 Å². The molecule has 0 aliphatic carbocycles. The number of carboxylic acids is 1. The van der Waals surface area contributed by atoms with Gasteiger partial charge in [0, 0.05) is 6.04 Å². The fourth-order valence-electron chi connectivity index (χ4n) is 2.79. The average Bonchev–Trinajstić information content (AvgIpc) is 2.77. The number of carboxylic acid groups (broad SMARTS) is 1. The standard InChI is InChI=1S/C15H21NO2.ClH/c17-15(18)12-16-11-5-10-14(16)9-4-8-13-6-2-1-3-7-13;/h1-3,6-7,14H,4-5,8-12H2,(H,17,18);1H. The Kier molecular flexibility index (Phi) is 6.89. The number of likely N-dealkylation sites (tertiary alicyclic amines) is 1. The van der Waals surface area contributed by atoms with Gasteiger partial charge in [-0.2, -0.15) is 0 Å².